The largest absolute Gasteiger partial charge is 0.377 e. The Morgan fingerprint density at radius 3 is 2.56 bits per heavy atom. The molecule has 1 unspecified atom stereocenters. The van der Waals surface area contributed by atoms with Gasteiger partial charge >= 0.3 is 0 Å². The topological polar surface area (TPSA) is 38.5 Å². The smallest absolute Gasteiger partial charge is 0.0618 e. The van der Waals surface area contributed by atoms with Crippen LogP contribution in [0.3, 0.4) is 0 Å². The molecule has 1 aromatic rings. The molecule has 1 aliphatic heterocycles. The number of ether oxygens (including phenoxy) is 1. The van der Waals surface area contributed by atoms with Crippen LogP contribution in [0.2, 0.25) is 0 Å². The molecule has 0 spiro atoms. The summed E-state index contributed by atoms with van der Waals surface area (Å²) in [6, 6.07) is 10.8. The van der Waals surface area contributed by atoms with Crippen LogP contribution in [0.1, 0.15) is 25.3 Å². The van der Waals surface area contributed by atoms with Crippen LogP contribution in [-0.2, 0) is 11.3 Å². The van der Waals surface area contributed by atoms with Crippen LogP contribution >= 0.6 is 0 Å². The van der Waals surface area contributed by atoms with Crippen LogP contribution in [0.15, 0.2) is 30.3 Å². The van der Waals surface area contributed by atoms with E-state index in [2.05, 4.69) is 35.2 Å². The van der Waals surface area contributed by atoms with Gasteiger partial charge in [0, 0.05) is 25.7 Å². The predicted octanol–water partition coefficient (Wildman–Crippen LogP) is 2.01. The standard InChI is InChI=1S/C15H24N2O/c1-13(16)12-18-15-7-9-17(10-8-15)11-14-5-3-2-4-6-14/h2-6,13,15H,7-12,16H2,1H3. The lowest BCUT2D eigenvalue weighted by Gasteiger charge is -2.32. The van der Waals surface area contributed by atoms with Crippen molar-refractivity contribution in [1.29, 1.82) is 0 Å². The molecule has 0 bridgehead atoms. The first-order valence-corrected chi connectivity index (χ1v) is 6.87. The highest BCUT2D eigenvalue weighted by Crippen LogP contribution is 2.16. The van der Waals surface area contributed by atoms with E-state index in [9.17, 15) is 0 Å². The summed E-state index contributed by atoms with van der Waals surface area (Å²) < 4.78 is 5.79. The Bertz CT molecular complexity index is 332. The first kappa shape index (κ1) is 13.5. The first-order chi connectivity index (χ1) is 8.74. The molecule has 0 aliphatic carbocycles. The molecule has 1 aliphatic rings. The summed E-state index contributed by atoms with van der Waals surface area (Å²) in [5, 5.41) is 0. The number of rotatable bonds is 5. The number of likely N-dealkylation sites (tertiary alicyclic amines) is 1. The number of piperidine rings is 1. The van der Waals surface area contributed by atoms with Crippen LogP contribution in [-0.4, -0.2) is 36.7 Å². The monoisotopic (exact) mass is 248 g/mol. The summed E-state index contributed by atoms with van der Waals surface area (Å²) in [5.41, 5.74) is 7.10. The number of hydrogen-bond acceptors (Lipinski definition) is 3. The zero-order valence-corrected chi connectivity index (χ0v) is 11.2. The van der Waals surface area contributed by atoms with Crippen LogP contribution in [0, 0.1) is 0 Å². The molecule has 1 aromatic carbocycles. The zero-order valence-electron chi connectivity index (χ0n) is 11.2. The van der Waals surface area contributed by atoms with Gasteiger partial charge in [-0.25, -0.2) is 0 Å². The van der Waals surface area contributed by atoms with Gasteiger partial charge in [0.2, 0.25) is 0 Å². The van der Waals surface area contributed by atoms with Gasteiger partial charge in [-0.1, -0.05) is 30.3 Å². The van der Waals surface area contributed by atoms with E-state index in [-0.39, 0.29) is 6.04 Å². The third-order valence-electron chi connectivity index (χ3n) is 3.38. The third kappa shape index (κ3) is 4.41. The average Bonchev–Trinajstić information content (AvgIpc) is 2.39. The van der Waals surface area contributed by atoms with Crippen molar-refractivity contribution in [3.05, 3.63) is 35.9 Å². The van der Waals surface area contributed by atoms with E-state index < -0.39 is 0 Å². The van der Waals surface area contributed by atoms with Gasteiger partial charge in [0.05, 0.1) is 12.7 Å². The van der Waals surface area contributed by atoms with Crippen molar-refractivity contribution in [2.45, 2.75) is 38.5 Å². The Kier molecular flexibility index (Phi) is 5.17. The Hall–Kier alpha value is -0.900. The summed E-state index contributed by atoms with van der Waals surface area (Å²) in [6.07, 6.45) is 2.65. The fourth-order valence-electron chi connectivity index (χ4n) is 2.36. The van der Waals surface area contributed by atoms with Crippen molar-refractivity contribution in [3.63, 3.8) is 0 Å². The predicted molar refractivity (Wildman–Crippen MR) is 74.3 cm³/mol. The van der Waals surface area contributed by atoms with E-state index in [1.807, 2.05) is 6.92 Å². The zero-order chi connectivity index (χ0) is 12.8. The van der Waals surface area contributed by atoms with Crippen LogP contribution in [0.4, 0.5) is 0 Å². The first-order valence-electron chi connectivity index (χ1n) is 6.87. The molecule has 1 saturated heterocycles. The maximum atomic E-state index is 5.79. The number of hydrogen-bond donors (Lipinski definition) is 1. The highest BCUT2D eigenvalue weighted by Gasteiger charge is 2.19. The molecule has 0 radical (unpaired) electrons. The van der Waals surface area contributed by atoms with Crippen molar-refractivity contribution in [3.8, 4) is 0 Å². The molecule has 1 fully saturated rings. The molecule has 2 rings (SSSR count). The van der Waals surface area contributed by atoms with Crippen LogP contribution in [0.5, 0.6) is 0 Å². The SMILES string of the molecule is CC(N)COC1CCN(Cc2ccccc2)CC1. The Morgan fingerprint density at radius 2 is 1.94 bits per heavy atom. The molecule has 1 heterocycles. The summed E-state index contributed by atoms with van der Waals surface area (Å²) >= 11 is 0. The van der Waals surface area contributed by atoms with E-state index in [1.54, 1.807) is 0 Å². The molecule has 0 aromatic heterocycles. The van der Waals surface area contributed by atoms with Gasteiger partial charge in [0.1, 0.15) is 0 Å². The van der Waals surface area contributed by atoms with Gasteiger partial charge in [-0.05, 0) is 25.3 Å². The molecular formula is C15H24N2O. The summed E-state index contributed by atoms with van der Waals surface area (Å²) in [6.45, 7) is 5.98. The molecule has 1 atom stereocenters. The van der Waals surface area contributed by atoms with Crippen LogP contribution in [0.25, 0.3) is 0 Å². The Morgan fingerprint density at radius 1 is 1.28 bits per heavy atom. The van der Waals surface area contributed by atoms with Gasteiger partial charge in [-0.3, -0.25) is 4.90 Å². The van der Waals surface area contributed by atoms with E-state index in [1.165, 1.54) is 5.56 Å². The summed E-state index contributed by atoms with van der Waals surface area (Å²) in [5.74, 6) is 0. The lowest BCUT2D eigenvalue weighted by atomic mass is 10.1. The highest BCUT2D eigenvalue weighted by atomic mass is 16.5. The quantitative estimate of drug-likeness (QED) is 0.866. The third-order valence-corrected chi connectivity index (χ3v) is 3.38. The number of nitrogens with zero attached hydrogens (tertiary/aromatic N) is 1. The second kappa shape index (κ2) is 6.88. The van der Waals surface area contributed by atoms with Gasteiger partial charge in [0.15, 0.2) is 0 Å². The Labute approximate surface area is 110 Å². The van der Waals surface area contributed by atoms with Crippen molar-refractivity contribution < 1.29 is 4.74 Å². The number of benzene rings is 1. The lowest BCUT2D eigenvalue weighted by molar-refractivity contribution is 0.00160. The molecular weight excluding hydrogens is 224 g/mol. The maximum absolute atomic E-state index is 5.79. The molecule has 3 nitrogen and oxygen atoms in total. The molecule has 18 heavy (non-hydrogen) atoms. The van der Waals surface area contributed by atoms with E-state index in [0.29, 0.717) is 12.7 Å². The summed E-state index contributed by atoms with van der Waals surface area (Å²) in [7, 11) is 0. The number of nitrogens with two attached hydrogens (primary N) is 1. The summed E-state index contributed by atoms with van der Waals surface area (Å²) in [4.78, 5) is 2.50. The van der Waals surface area contributed by atoms with Gasteiger partial charge in [-0.2, -0.15) is 0 Å². The van der Waals surface area contributed by atoms with Crippen molar-refractivity contribution >= 4 is 0 Å². The van der Waals surface area contributed by atoms with Gasteiger partial charge in [0.25, 0.3) is 0 Å². The van der Waals surface area contributed by atoms with Crippen LogP contribution < -0.4 is 5.73 Å². The molecule has 0 saturated carbocycles. The minimum Gasteiger partial charge on any atom is -0.377 e. The van der Waals surface area contributed by atoms with Crippen molar-refractivity contribution in [1.82, 2.24) is 4.90 Å². The van der Waals surface area contributed by atoms with Crippen molar-refractivity contribution in [2.24, 2.45) is 5.73 Å². The van der Waals surface area contributed by atoms with E-state index in [0.717, 1.165) is 32.5 Å². The Balaban J connectivity index is 1.70. The van der Waals surface area contributed by atoms with E-state index >= 15 is 0 Å². The second-order valence-electron chi connectivity index (χ2n) is 5.27. The van der Waals surface area contributed by atoms with Crippen molar-refractivity contribution in [2.75, 3.05) is 19.7 Å². The maximum Gasteiger partial charge on any atom is 0.0618 e. The highest BCUT2D eigenvalue weighted by molar-refractivity contribution is 5.14. The molecule has 3 heteroatoms. The second-order valence-corrected chi connectivity index (χ2v) is 5.27. The normalized spacial score (nSPS) is 19.9. The fourth-order valence-corrected chi connectivity index (χ4v) is 2.36. The molecule has 100 valence electrons. The average molecular weight is 248 g/mol. The molecule has 0 amide bonds. The minimum atomic E-state index is 0.146. The fraction of sp³-hybridized carbons (Fsp3) is 0.600. The lowest BCUT2D eigenvalue weighted by Crippen LogP contribution is -2.38. The minimum absolute atomic E-state index is 0.146. The molecule has 2 N–H and O–H groups in total. The van der Waals surface area contributed by atoms with Gasteiger partial charge < -0.3 is 10.5 Å². The van der Waals surface area contributed by atoms with Gasteiger partial charge in [-0.15, -0.1) is 0 Å². The van der Waals surface area contributed by atoms with E-state index in [4.69, 9.17) is 10.5 Å².